The molecular formula is C15H27B2O4P. The van der Waals surface area contributed by atoms with Crippen molar-refractivity contribution in [3.05, 3.63) is 24.3 Å². The van der Waals surface area contributed by atoms with Crippen LogP contribution in [-0.2, 0) is 13.6 Å². The first-order valence-corrected chi connectivity index (χ1v) is 9.91. The summed E-state index contributed by atoms with van der Waals surface area (Å²) in [5, 5.41) is 0. The molecule has 1 N–H and O–H groups in total. The highest BCUT2D eigenvalue weighted by molar-refractivity contribution is 7.47. The van der Waals surface area contributed by atoms with Gasteiger partial charge in [-0.25, -0.2) is 4.57 Å². The van der Waals surface area contributed by atoms with Gasteiger partial charge >= 0.3 is 7.82 Å². The monoisotopic (exact) mass is 324 g/mol. The first kappa shape index (κ1) is 18.1. The minimum absolute atomic E-state index is 0.190. The van der Waals surface area contributed by atoms with Crippen molar-refractivity contribution >= 4 is 23.5 Å². The maximum Gasteiger partial charge on any atom is 0.472 e. The topological polar surface area (TPSA) is 55.8 Å². The van der Waals surface area contributed by atoms with Gasteiger partial charge in [0.1, 0.15) is 15.7 Å². The van der Waals surface area contributed by atoms with Crippen LogP contribution >= 0.6 is 7.82 Å². The van der Waals surface area contributed by atoms with Crippen LogP contribution in [0.5, 0.6) is 0 Å². The minimum Gasteiger partial charge on any atom is -0.302 e. The SMILES string of the molecule is BC1C=CC(COP(=O)(O)OC2CC(B)C=CC2CC)CC1. The summed E-state index contributed by atoms with van der Waals surface area (Å²) in [6, 6.07) is 0. The van der Waals surface area contributed by atoms with E-state index in [4.69, 9.17) is 9.05 Å². The lowest BCUT2D eigenvalue weighted by Gasteiger charge is -2.31. The van der Waals surface area contributed by atoms with Crippen LogP contribution < -0.4 is 0 Å². The zero-order chi connectivity index (χ0) is 16.2. The Morgan fingerprint density at radius 1 is 1.18 bits per heavy atom. The zero-order valence-corrected chi connectivity index (χ0v) is 14.7. The highest BCUT2D eigenvalue weighted by Gasteiger charge is 2.33. The molecule has 122 valence electrons. The molecule has 0 saturated carbocycles. The molecule has 2 aliphatic carbocycles. The molecule has 22 heavy (non-hydrogen) atoms. The van der Waals surface area contributed by atoms with E-state index in [9.17, 15) is 9.46 Å². The predicted octanol–water partition coefficient (Wildman–Crippen LogP) is 2.28. The van der Waals surface area contributed by atoms with E-state index in [2.05, 4.69) is 46.9 Å². The van der Waals surface area contributed by atoms with Gasteiger partial charge in [0.15, 0.2) is 0 Å². The second kappa shape index (κ2) is 8.01. The molecule has 0 saturated heterocycles. The van der Waals surface area contributed by atoms with Crippen LogP contribution in [-0.4, -0.2) is 33.3 Å². The van der Waals surface area contributed by atoms with Crippen LogP contribution in [0.4, 0.5) is 0 Å². The standard InChI is InChI=1S/C15H27B2O4P/c1-2-12-5-8-14(17)9-15(12)21-22(18,19)20-10-11-3-6-13(16)7-4-11/h3,5-6,8,11-15H,2,4,7,9-10,16-17H2,1H3,(H,18,19). The van der Waals surface area contributed by atoms with Crippen molar-refractivity contribution in [2.24, 2.45) is 11.8 Å². The molecule has 0 aliphatic heterocycles. The van der Waals surface area contributed by atoms with E-state index in [1.165, 1.54) is 0 Å². The summed E-state index contributed by atoms with van der Waals surface area (Å²) >= 11 is 0. The third-order valence-corrected chi connectivity index (χ3v) is 5.68. The van der Waals surface area contributed by atoms with Crippen LogP contribution in [0, 0.1) is 11.8 Å². The lowest BCUT2D eigenvalue weighted by atomic mass is 9.75. The summed E-state index contributed by atoms with van der Waals surface area (Å²) in [5.74, 6) is 1.37. The molecule has 4 nitrogen and oxygen atoms in total. The second-order valence-corrected chi connectivity index (χ2v) is 8.18. The van der Waals surface area contributed by atoms with E-state index in [-0.39, 0.29) is 24.5 Å². The molecule has 0 heterocycles. The predicted molar refractivity (Wildman–Crippen MR) is 94.6 cm³/mol. The van der Waals surface area contributed by atoms with Crippen molar-refractivity contribution in [2.75, 3.05) is 6.61 Å². The number of hydrogen-bond donors (Lipinski definition) is 1. The Kier molecular flexibility index (Phi) is 6.58. The van der Waals surface area contributed by atoms with Gasteiger partial charge in [0, 0.05) is 11.8 Å². The Balaban J connectivity index is 1.86. The number of rotatable bonds is 6. The molecule has 0 bridgehead atoms. The molecule has 0 fully saturated rings. The third-order valence-electron chi connectivity index (χ3n) is 4.66. The van der Waals surface area contributed by atoms with Crippen molar-refractivity contribution in [3.8, 4) is 0 Å². The average molecular weight is 324 g/mol. The van der Waals surface area contributed by atoms with E-state index in [1.54, 1.807) is 0 Å². The third kappa shape index (κ3) is 5.42. The van der Waals surface area contributed by atoms with Crippen molar-refractivity contribution in [2.45, 2.75) is 50.3 Å². The van der Waals surface area contributed by atoms with Crippen LogP contribution in [0.25, 0.3) is 0 Å². The van der Waals surface area contributed by atoms with Crippen molar-refractivity contribution < 1.29 is 18.5 Å². The summed E-state index contributed by atoms with van der Waals surface area (Å²) in [7, 11) is 0.282. The molecule has 7 heteroatoms. The molecule has 0 aromatic heterocycles. The summed E-state index contributed by atoms with van der Waals surface area (Å²) in [5.41, 5.74) is 0. The fourth-order valence-corrected chi connectivity index (χ4v) is 4.17. The van der Waals surface area contributed by atoms with Gasteiger partial charge < -0.3 is 4.89 Å². The lowest BCUT2D eigenvalue weighted by Crippen LogP contribution is -2.26. The number of allylic oxidation sites excluding steroid dienone is 2. The Bertz CT molecular complexity index is 468. The minimum atomic E-state index is -3.99. The molecule has 0 aromatic carbocycles. The van der Waals surface area contributed by atoms with Crippen molar-refractivity contribution in [1.82, 2.24) is 0 Å². The molecule has 0 spiro atoms. The molecule has 6 atom stereocenters. The van der Waals surface area contributed by atoms with Crippen molar-refractivity contribution in [1.29, 1.82) is 0 Å². The average Bonchev–Trinajstić information content (AvgIpc) is 2.46. The Morgan fingerprint density at radius 2 is 1.91 bits per heavy atom. The second-order valence-electron chi connectivity index (χ2n) is 6.78. The normalized spacial score (nSPS) is 37.8. The van der Waals surface area contributed by atoms with Crippen LogP contribution in [0.2, 0.25) is 11.6 Å². The molecule has 2 aliphatic rings. The largest absolute Gasteiger partial charge is 0.472 e. The number of hydrogen-bond acceptors (Lipinski definition) is 3. The highest BCUT2D eigenvalue weighted by atomic mass is 31.2. The smallest absolute Gasteiger partial charge is 0.302 e. The fraction of sp³-hybridized carbons (Fsp3) is 0.733. The summed E-state index contributed by atoms with van der Waals surface area (Å²) in [6.07, 6.45) is 12.0. The molecule has 6 unspecified atom stereocenters. The van der Waals surface area contributed by atoms with Gasteiger partial charge in [0.05, 0.1) is 12.7 Å². The summed E-state index contributed by atoms with van der Waals surface area (Å²) < 4.78 is 22.9. The molecule has 0 amide bonds. The lowest BCUT2D eigenvalue weighted by molar-refractivity contribution is 0.0677. The van der Waals surface area contributed by atoms with Crippen LogP contribution in [0.3, 0.4) is 0 Å². The summed E-state index contributed by atoms with van der Waals surface area (Å²) in [4.78, 5) is 10.0. The van der Waals surface area contributed by atoms with Gasteiger partial charge in [-0.05, 0) is 25.1 Å². The maximum atomic E-state index is 12.2. The van der Waals surface area contributed by atoms with Gasteiger partial charge in [0.25, 0.3) is 0 Å². The quantitative estimate of drug-likeness (QED) is 0.463. The van der Waals surface area contributed by atoms with Gasteiger partial charge in [-0.3, -0.25) is 9.05 Å². The van der Waals surface area contributed by atoms with Crippen LogP contribution in [0.15, 0.2) is 24.3 Å². The van der Waals surface area contributed by atoms with Gasteiger partial charge in [0.2, 0.25) is 0 Å². The Hall–Kier alpha value is -0.280. The van der Waals surface area contributed by atoms with E-state index >= 15 is 0 Å². The zero-order valence-electron chi connectivity index (χ0n) is 13.9. The molecule has 2 rings (SSSR count). The maximum absolute atomic E-state index is 12.2. The fourth-order valence-electron chi connectivity index (χ4n) is 3.14. The van der Waals surface area contributed by atoms with Crippen molar-refractivity contribution in [3.63, 3.8) is 0 Å². The van der Waals surface area contributed by atoms with E-state index < -0.39 is 7.82 Å². The van der Waals surface area contributed by atoms with Gasteiger partial charge in [-0.1, -0.05) is 43.5 Å². The molecule has 0 radical (unpaired) electrons. The van der Waals surface area contributed by atoms with Gasteiger partial charge in [-0.15, -0.1) is 0 Å². The van der Waals surface area contributed by atoms with E-state index in [0.717, 1.165) is 25.7 Å². The van der Waals surface area contributed by atoms with E-state index in [0.29, 0.717) is 11.6 Å². The number of phosphoric ester groups is 1. The van der Waals surface area contributed by atoms with Crippen LogP contribution in [0.1, 0.15) is 32.6 Å². The Labute approximate surface area is 135 Å². The van der Waals surface area contributed by atoms with E-state index in [1.807, 2.05) is 0 Å². The highest BCUT2D eigenvalue weighted by Crippen LogP contribution is 2.48. The molecular weight excluding hydrogens is 297 g/mol. The van der Waals surface area contributed by atoms with Gasteiger partial charge in [-0.2, -0.15) is 0 Å². The summed E-state index contributed by atoms with van der Waals surface area (Å²) in [6.45, 7) is 2.32. The number of phosphoric acid groups is 1. The first-order valence-electron chi connectivity index (χ1n) is 8.42. The Morgan fingerprint density at radius 3 is 2.55 bits per heavy atom. The first-order chi connectivity index (χ1) is 10.4. The molecule has 0 aromatic rings.